The van der Waals surface area contributed by atoms with Crippen LogP contribution in [-0.2, 0) is 44.9 Å². The van der Waals surface area contributed by atoms with Crippen LogP contribution in [0.5, 0.6) is 11.5 Å². The standard InChI is InChI=1S/C22H28F2N4O3.C21H27F2N5O4.C2H6/c1-14-4-5-17(12-20(14)31-22(23)24)26(3)21-18-13-27(15(2)29)9-6-19(18)28(25-21)16-7-10-30-11-8-16;1-26(14-3-4-16(24)18(11-14)32-20(22)23)19-15-12-27(21(29)30-2)8-5-17(15)28(25-19)13-6-9-31-10-7-13;1-2/h4-5,12,16,22H,6-11,13H2,1-3H3;3-4,11,13,20H,5-10,12,24H2,1-2H3;1-2H3. The number of hydrogen-bond donors (Lipinski definition) is 1. The zero-order chi connectivity index (χ0) is 46.9. The number of methoxy groups -OCH3 is 1. The first-order valence-corrected chi connectivity index (χ1v) is 22.1. The summed E-state index contributed by atoms with van der Waals surface area (Å²) in [5.41, 5.74) is 11.9. The molecule has 0 atom stereocenters. The number of nitrogens with zero attached hydrogens (tertiary/aromatic N) is 8. The van der Waals surface area contributed by atoms with E-state index in [1.165, 1.54) is 19.2 Å². The Morgan fingerprint density at radius 1 is 0.738 bits per heavy atom. The van der Waals surface area contributed by atoms with Gasteiger partial charge in [0, 0.05) is 119 Å². The summed E-state index contributed by atoms with van der Waals surface area (Å²) < 4.78 is 80.5. The minimum Gasteiger partial charge on any atom is -0.453 e. The Morgan fingerprint density at radius 2 is 1.18 bits per heavy atom. The number of aryl methyl sites for hydroxylation is 1. The molecular formula is C45H61F4N9O7. The van der Waals surface area contributed by atoms with Gasteiger partial charge in [-0.3, -0.25) is 14.2 Å². The molecule has 16 nitrogen and oxygen atoms in total. The minimum atomic E-state index is -2.98. The van der Waals surface area contributed by atoms with Crippen molar-refractivity contribution in [1.29, 1.82) is 0 Å². The van der Waals surface area contributed by atoms with Crippen LogP contribution in [0.2, 0.25) is 0 Å². The maximum Gasteiger partial charge on any atom is 0.409 e. The van der Waals surface area contributed by atoms with Crippen LogP contribution in [0.4, 0.5) is 51.1 Å². The molecule has 4 aliphatic rings. The maximum absolute atomic E-state index is 12.8. The maximum atomic E-state index is 12.8. The number of anilines is 5. The molecule has 2 aromatic heterocycles. The van der Waals surface area contributed by atoms with Crippen molar-refractivity contribution in [2.75, 3.05) is 76.3 Å². The first-order chi connectivity index (χ1) is 31.2. The van der Waals surface area contributed by atoms with E-state index in [-0.39, 0.29) is 35.2 Å². The number of nitrogen functional groups attached to an aromatic ring is 1. The van der Waals surface area contributed by atoms with Crippen LogP contribution in [0.15, 0.2) is 36.4 Å². The van der Waals surface area contributed by atoms with Gasteiger partial charge in [0.05, 0.1) is 38.0 Å². The number of amides is 2. The van der Waals surface area contributed by atoms with Crippen molar-refractivity contribution in [3.05, 3.63) is 64.5 Å². The molecule has 4 aromatic rings. The lowest BCUT2D eigenvalue weighted by atomic mass is 10.0. The van der Waals surface area contributed by atoms with Gasteiger partial charge in [0.2, 0.25) is 5.91 Å². The predicted octanol–water partition coefficient (Wildman–Crippen LogP) is 8.15. The van der Waals surface area contributed by atoms with Crippen molar-refractivity contribution in [3.63, 3.8) is 0 Å². The molecule has 0 aliphatic carbocycles. The van der Waals surface area contributed by atoms with E-state index in [1.807, 2.05) is 41.4 Å². The molecule has 0 unspecified atom stereocenters. The Hall–Kier alpha value is -5.76. The Bertz CT molecular complexity index is 2240. The summed E-state index contributed by atoms with van der Waals surface area (Å²) in [6, 6.07) is 10.4. The molecule has 0 saturated carbocycles. The van der Waals surface area contributed by atoms with Gasteiger partial charge in [-0.05, 0) is 56.4 Å². The Kier molecular flexibility index (Phi) is 16.4. The lowest BCUT2D eigenvalue weighted by Gasteiger charge is -2.29. The molecule has 2 fully saturated rings. The van der Waals surface area contributed by atoms with Crippen LogP contribution in [0.1, 0.15) is 86.6 Å². The van der Waals surface area contributed by atoms with Crippen molar-refractivity contribution in [2.45, 2.75) is 105 Å². The lowest BCUT2D eigenvalue weighted by Crippen LogP contribution is -2.37. The normalized spacial score (nSPS) is 16.4. The van der Waals surface area contributed by atoms with Crippen molar-refractivity contribution in [3.8, 4) is 11.5 Å². The highest BCUT2D eigenvalue weighted by molar-refractivity contribution is 5.75. The third-order valence-corrected chi connectivity index (χ3v) is 12.1. The fourth-order valence-corrected chi connectivity index (χ4v) is 8.61. The van der Waals surface area contributed by atoms with Gasteiger partial charge in [-0.15, -0.1) is 0 Å². The van der Waals surface area contributed by atoms with Crippen LogP contribution in [0.25, 0.3) is 0 Å². The van der Waals surface area contributed by atoms with E-state index >= 15 is 0 Å². The summed E-state index contributed by atoms with van der Waals surface area (Å²) in [6.07, 6.45) is 4.47. The van der Waals surface area contributed by atoms with E-state index in [0.29, 0.717) is 81.8 Å². The first kappa shape index (κ1) is 48.7. The first-order valence-electron chi connectivity index (χ1n) is 22.1. The van der Waals surface area contributed by atoms with Gasteiger partial charge in [-0.2, -0.15) is 27.8 Å². The summed E-state index contributed by atoms with van der Waals surface area (Å²) in [5.74, 6) is 1.45. The lowest BCUT2D eigenvalue weighted by molar-refractivity contribution is -0.129. The molecule has 0 radical (unpaired) electrons. The number of hydrogen-bond acceptors (Lipinski definition) is 12. The second kappa shape index (κ2) is 21.9. The number of benzene rings is 2. The molecule has 2 N–H and O–H groups in total. The molecule has 65 heavy (non-hydrogen) atoms. The third kappa shape index (κ3) is 11.2. The molecule has 356 valence electrons. The number of halogens is 4. The largest absolute Gasteiger partial charge is 0.453 e. The number of fused-ring (bicyclic) bond motifs is 2. The van der Waals surface area contributed by atoms with E-state index in [1.54, 1.807) is 48.9 Å². The van der Waals surface area contributed by atoms with Gasteiger partial charge in [-0.1, -0.05) is 19.9 Å². The molecule has 6 heterocycles. The van der Waals surface area contributed by atoms with E-state index < -0.39 is 19.3 Å². The average Bonchev–Trinajstić information content (AvgIpc) is 3.89. The molecule has 4 aliphatic heterocycles. The monoisotopic (exact) mass is 915 g/mol. The second-order valence-corrected chi connectivity index (χ2v) is 16.0. The summed E-state index contributed by atoms with van der Waals surface area (Å²) in [5, 5.41) is 9.87. The third-order valence-electron chi connectivity index (χ3n) is 12.1. The Balaban J connectivity index is 0.000000208. The summed E-state index contributed by atoms with van der Waals surface area (Å²) in [6.45, 7) is 6.22. The Labute approximate surface area is 377 Å². The van der Waals surface area contributed by atoms with Crippen LogP contribution < -0.4 is 25.0 Å². The molecule has 2 aromatic carbocycles. The van der Waals surface area contributed by atoms with Crippen LogP contribution in [0.3, 0.4) is 0 Å². The van der Waals surface area contributed by atoms with Gasteiger partial charge >= 0.3 is 19.3 Å². The molecule has 8 rings (SSSR count). The highest BCUT2D eigenvalue weighted by Gasteiger charge is 2.34. The topological polar surface area (TPSA) is 155 Å². The van der Waals surface area contributed by atoms with Crippen LogP contribution >= 0.6 is 0 Å². The van der Waals surface area contributed by atoms with Gasteiger partial charge in [-0.25, -0.2) is 4.79 Å². The molecule has 0 spiro atoms. The number of ether oxygens (including phenoxy) is 5. The van der Waals surface area contributed by atoms with Gasteiger partial charge < -0.3 is 49.0 Å². The van der Waals surface area contributed by atoms with E-state index in [9.17, 15) is 27.2 Å². The summed E-state index contributed by atoms with van der Waals surface area (Å²) in [7, 11) is 5.02. The summed E-state index contributed by atoms with van der Waals surface area (Å²) >= 11 is 0. The van der Waals surface area contributed by atoms with Crippen molar-refractivity contribution in [2.24, 2.45) is 0 Å². The fourth-order valence-electron chi connectivity index (χ4n) is 8.61. The highest BCUT2D eigenvalue weighted by atomic mass is 19.3. The number of alkyl halides is 4. The zero-order valence-corrected chi connectivity index (χ0v) is 38.2. The molecular weight excluding hydrogens is 855 g/mol. The second-order valence-electron chi connectivity index (χ2n) is 16.0. The Morgan fingerprint density at radius 3 is 1.66 bits per heavy atom. The number of carbonyl (C=O) groups excluding carboxylic acids is 2. The molecule has 0 bridgehead atoms. The fraction of sp³-hybridized carbons (Fsp3) is 0.556. The molecule has 2 amide bonds. The number of rotatable bonds is 10. The van der Waals surface area contributed by atoms with E-state index in [0.717, 1.165) is 60.4 Å². The van der Waals surface area contributed by atoms with Crippen molar-refractivity contribution < 1.29 is 50.8 Å². The van der Waals surface area contributed by atoms with E-state index in [4.69, 9.17) is 30.1 Å². The van der Waals surface area contributed by atoms with Crippen LogP contribution in [0, 0.1) is 6.92 Å². The number of nitrogens with two attached hydrogens (primary N) is 1. The summed E-state index contributed by atoms with van der Waals surface area (Å²) in [4.78, 5) is 31.3. The zero-order valence-electron chi connectivity index (χ0n) is 38.2. The number of aromatic nitrogens is 4. The average molecular weight is 916 g/mol. The smallest absolute Gasteiger partial charge is 0.409 e. The molecule has 20 heteroatoms. The predicted molar refractivity (Wildman–Crippen MR) is 237 cm³/mol. The van der Waals surface area contributed by atoms with Gasteiger partial charge in [0.1, 0.15) is 5.75 Å². The van der Waals surface area contributed by atoms with Gasteiger partial charge in [0.25, 0.3) is 0 Å². The quantitative estimate of drug-likeness (QED) is 0.121. The van der Waals surface area contributed by atoms with Gasteiger partial charge in [0.15, 0.2) is 17.4 Å². The van der Waals surface area contributed by atoms with Crippen molar-refractivity contribution in [1.82, 2.24) is 29.4 Å². The molecule has 2 saturated heterocycles. The van der Waals surface area contributed by atoms with E-state index in [2.05, 4.69) is 14.2 Å². The SMILES string of the molecule is CC.CC(=O)N1CCc2c(c(N(C)c3ccc(C)c(OC(F)F)c3)nn2C2CCOCC2)C1.COC(=O)N1CCc2c(c(N(C)c3ccc(N)c(OC(F)F)c3)nn2C2CCOCC2)C1. The highest BCUT2D eigenvalue weighted by Crippen LogP contribution is 2.39. The van der Waals surface area contributed by atoms with Crippen molar-refractivity contribution >= 4 is 40.7 Å². The number of carbonyl (C=O) groups is 2. The van der Waals surface area contributed by atoms with Crippen LogP contribution in [-0.4, -0.2) is 115 Å². The minimum absolute atomic E-state index is 0.0287.